The smallest absolute Gasteiger partial charge is 0.378 e. The number of hydrogen-bond donors (Lipinski definition) is 0. The van der Waals surface area contributed by atoms with Gasteiger partial charge in [-0.25, -0.2) is 0 Å². The molecule has 7 heteroatoms. The Balaban J connectivity index is 1.71. The first-order valence-corrected chi connectivity index (χ1v) is 7.90. The van der Waals surface area contributed by atoms with Gasteiger partial charge in [0.1, 0.15) is 5.60 Å². The Morgan fingerprint density at radius 2 is 2.04 bits per heavy atom. The lowest BCUT2D eigenvalue weighted by atomic mass is 9.99. The lowest BCUT2D eigenvalue weighted by Crippen LogP contribution is -2.52. The van der Waals surface area contributed by atoms with Gasteiger partial charge in [0.2, 0.25) is 0 Å². The number of ether oxygens (including phenoxy) is 2. The van der Waals surface area contributed by atoms with Crippen LogP contribution in [0.1, 0.15) is 12.0 Å². The van der Waals surface area contributed by atoms with E-state index in [9.17, 15) is 13.2 Å². The van der Waals surface area contributed by atoms with E-state index in [1.54, 1.807) is 6.20 Å². The first-order chi connectivity index (χ1) is 11.5. The van der Waals surface area contributed by atoms with E-state index in [2.05, 4.69) is 9.88 Å². The van der Waals surface area contributed by atoms with Gasteiger partial charge >= 0.3 is 6.18 Å². The fraction of sp³-hybridized carbons (Fsp3) is 0.471. The third-order valence-corrected chi connectivity index (χ3v) is 4.70. The Kier molecular flexibility index (Phi) is 3.65. The SMILES string of the molecule is FC(F)(F)c1ccc2c(N3CCOC4(CCOC4)C3)ccnc2c1. The number of benzene rings is 1. The number of hydrogen-bond acceptors (Lipinski definition) is 4. The molecule has 0 saturated carbocycles. The number of halogens is 3. The standard InChI is InChI=1S/C17H17F3N2O2/c18-17(19,20)12-1-2-13-14(9-12)21-5-3-15(13)22-6-8-24-16(10-22)4-7-23-11-16/h1-3,5,9H,4,6-8,10-11H2. The molecule has 2 aliphatic heterocycles. The maximum Gasteiger partial charge on any atom is 0.416 e. The molecule has 0 radical (unpaired) electrons. The van der Waals surface area contributed by atoms with Crippen LogP contribution in [0.5, 0.6) is 0 Å². The third kappa shape index (κ3) is 2.71. The Morgan fingerprint density at radius 3 is 2.79 bits per heavy atom. The molecule has 2 aromatic rings. The molecule has 1 aromatic carbocycles. The number of pyridine rings is 1. The minimum Gasteiger partial charge on any atom is -0.378 e. The van der Waals surface area contributed by atoms with Gasteiger partial charge in [-0.2, -0.15) is 13.2 Å². The molecule has 0 amide bonds. The number of anilines is 1. The van der Waals surface area contributed by atoms with Crippen LogP contribution in [0.2, 0.25) is 0 Å². The largest absolute Gasteiger partial charge is 0.416 e. The van der Waals surface area contributed by atoms with Crippen molar-refractivity contribution in [3.63, 3.8) is 0 Å². The first kappa shape index (κ1) is 15.7. The molecular formula is C17H17F3N2O2. The normalized spacial score (nSPS) is 24.9. The first-order valence-electron chi connectivity index (χ1n) is 7.90. The Hall–Kier alpha value is -1.86. The molecule has 1 aromatic heterocycles. The summed E-state index contributed by atoms with van der Waals surface area (Å²) >= 11 is 0. The van der Waals surface area contributed by atoms with Crippen molar-refractivity contribution in [2.24, 2.45) is 0 Å². The number of rotatable bonds is 1. The van der Waals surface area contributed by atoms with Crippen LogP contribution in [0.25, 0.3) is 10.9 Å². The zero-order chi connectivity index (χ0) is 16.8. The topological polar surface area (TPSA) is 34.6 Å². The van der Waals surface area contributed by atoms with Crippen molar-refractivity contribution in [2.75, 3.05) is 37.8 Å². The number of alkyl halides is 3. The summed E-state index contributed by atoms with van der Waals surface area (Å²) < 4.78 is 50.1. The highest BCUT2D eigenvalue weighted by molar-refractivity contribution is 5.92. The highest BCUT2D eigenvalue weighted by Gasteiger charge is 2.40. The van der Waals surface area contributed by atoms with Crippen molar-refractivity contribution >= 4 is 16.6 Å². The summed E-state index contributed by atoms with van der Waals surface area (Å²) in [7, 11) is 0. The van der Waals surface area contributed by atoms with E-state index in [-0.39, 0.29) is 5.60 Å². The van der Waals surface area contributed by atoms with Crippen LogP contribution in [0.15, 0.2) is 30.5 Å². The van der Waals surface area contributed by atoms with Crippen molar-refractivity contribution < 1.29 is 22.6 Å². The molecule has 3 heterocycles. The number of morpholine rings is 1. The third-order valence-electron chi connectivity index (χ3n) is 4.70. The second-order valence-corrected chi connectivity index (χ2v) is 6.32. The minimum absolute atomic E-state index is 0.306. The predicted octanol–water partition coefficient (Wildman–Crippen LogP) is 3.25. The molecule has 1 spiro atoms. The monoisotopic (exact) mass is 338 g/mol. The van der Waals surface area contributed by atoms with Gasteiger partial charge in [0.15, 0.2) is 0 Å². The van der Waals surface area contributed by atoms with Crippen molar-refractivity contribution in [2.45, 2.75) is 18.2 Å². The van der Waals surface area contributed by atoms with Gasteiger partial charge < -0.3 is 14.4 Å². The molecule has 0 N–H and O–H groups in total. The summed E-state index contributed by atoms with van der Waals surface area (Å²) in [6.45, 7) is 3.19. The molecule has 0 aliphatic carbocycles. The molecule has 1 unspecified atom stereocenters. The van der Waals surface area contributed by atoms with Crippen LogP contribution >= 0.6 is 0 Å². The average molecular weight is 338 g/mol. The van der Waals surface area contributed by atoms with Crippen LogP contribution in [0, 0.1) is 0 Å². The number of fused-ring (bicyclic) bond motifs is 1. The fourth-order valence-corrected chi connectivity index (χ4v) is 3.46. The van der Waals surface area contributed by atoms with Gasteiger partial charge in [0, 0.05) is 43.4 Å². The van der Waals surface area contributed by atoms with E-state index in [0.29, 0.717) is 38.4 Å². The Labute approximate surface area is 137 Å². The zero-order valence-electron chi connectivity index (χ0n) is 13.0. The van der Waals surface area contributed by atoms with Crippen LogP contribution in [-0.4, -0.2) is 43.5 Å². The average Bonchev–Trinajstić information content (AvgIpc) is 3.00. The predicted molar refractivity (Wildman–Crippen MR) is 83.1 cm³/mol. The molecule has 24 heavy (non-hydrogen) atoms. The fourth-order valence-electron chi connectivity index (χ4n) is 3.46. The van der Waals surface area contributed by atoms with Crippen molar-refractivity contribution in [1.82, 2.24) is 4.98 Å². The molecule has 2 saturated heterocycles. The molecule has 128 valence electrons. The summed E-state index contributed by atoms with van der Waals surface area (Å²) in [5.41, 5.74) is 0.260. The van der Waals surface area contributed by atoms with Gasteiger partial charge in [0.05, 0.1) is 24.3 Å². The van der Waals surface area contributed by atoms with Gasteiger partial charge in [-0.3, -0.25) is 4.98 Å². The van der Waals surface area contributed by atoms with Crippen LogP contribution < -0.4 is 4.90 Å². The summed E-state index contributed by atoms with van der Waals surface area (Å²) in [5, 5.41) is 0.724. The van der Waals surface area contributed by atoms with Gasteiger partial charge in [0.25, 0.3) is 0 Å². The molecule has 1 atom stereocenters. The number of nitrogens with zero attached hydrogens (tertiary/aromatic N) is 2. The lowest BCUT2D eigenvalue weighted by molar-refractivity contribution is -0.137. The summed E-state index contributed by atoms with van der Waals surface area (Å²) in [6, 6.07) is 5.58. The summed E-state index contributed by atoms with van der Waals surface area (Å²) in [5.74, 6) is 0. The molecule has 2 fully saturated rings. The maximum absolute atomic E-state index is 12.9. The molecule has 2 aliphatic rings. The maximum atomic E-state index is 12.9. The molecule has 4 rings (SSSR count). The van der Waals surface area contributed by atoms with Crippen molar-refractivity contribution in [3.05, 3.63) is 36.0 Å². The molecular weight excluding hydrogens is 321 g/mol. The van der Waals surface area contributed by atoms with Crippen LogP contribution in [0.4, 0.5) is 18.9 Å². The van der Waals surface area contributed by atoms with Gasteiger partial charge in [-0.05, 0) is 18.2 Å². The molecule has 0 bridgehead atoms. The van der Waals surface area contributed by atoms with Gasteiger partial charge in [-0.1, -0.05) is 6.07 Å². The van der Waals surface area contributed by atoms with E-state index in [1.807, 2.05) is 6.07 Å². The van der Waals surface area contributed by atoms with E-state index < -0.39 is 11.7 Å². The second kappa shape index (κ2) is 5.60. The zero-order valence-corrected chi connectivity index (χ0v) is 13.0. The highest BCUT2D eigenvalue weighted by atomic mass is 19.4. The van der Waals surface area contributed by atoms with E-state index in [4.69, 9.17) is 9.47 Å². The van der Waals surface area contributed by atoms with Crippen molar-refractivity contribution in [1.29, 1.82) is 0 Å². The van der Waals surface area contributed by atoms with Gasteiger partial charge in [-0.15, -0.1) is 0 Å². The lowest BCUT2D eigenvalue weighted by Gasteiger charge is -2.41. The summed E-state index contributed by atoms with van der Waals surface area (Å²) in [6.07, 6.45) is -1.97. The second-order valence-electron chi connectivity index (χ2n) is 6.32. The Bertz CT molecular complexity index is 757. The van der Waals surface area contributed by atoms with E-state index in [1.165, 1.54) is 6.07 Å². The quantitative estimate of drug-likeness (QED) is 0.799. The Morgan fingerprint density at radius 1 is 1.17 bits per heavy atom. The minimum atomic E-state index is -4.36. The molecule has 4 nitrogen and oxygen atoms in total. The van der Waals surface area contributed by atoms with Crippen LogP contribution in [0.3, 0.4) is 0 Å². The van der Waals surface area contributed by atoms with Crippen LogP contribution in [-0.2, 0) is 15.7 Å². The number of aromatic nitrogens is 1. The van der Waals surface area contributed by atoms with E-state index in [0.717, 1.165) is 29.6 Å². The van der Waals surface area contributed by atoms with Crippen molar-refractivity contribution in [3.8, 4) is 0 Å². The highest BCUT2D eigenvalue weighted by Crippen LogP contribution is 2.36. The van der Waals surface area contributed by atoms with E-state index >= 15 is 0 Å². The summed E-state index contributed by atoms with van der Waals surface area (Å²) in [4.78, 5) is 6.28.